The van der Waals surface area contributed by atoms with Crippen LogP contribution in [-0.2, 0) is 4.74 Å². The van der Waals surface area contributed by atoms with Crippen molar-refractivity contribution in [3.63, 3.8) is 0 Å². The Morgan fingerprint density at radius 3 is 2.83 bits per heavy atom. The van der Waals surface area contributed by atoms with Crippen molar-refractivity contribution in [1.29, 1.82) is 0 Å². The highest BCUT2D eigenvalue weighted by Gasteiger charge is 2.18. The fourth-order valence-corrected chi connectivity index (χ4v) is 2.51. The fraction of sp³-hybridized carbons (Fsp3) is 0.333. The zero-order chi connectivity index (χ0) is 16.2. The number of hydrogen-bond acceptors (Lipinski definition) is 4. The monoisotopic (exact) mass is 312 g/mol. The van der Waals surface area contributed by atoms with Crippen LogP contribution in [0.3, 0.4) is 0 Å². The van der Waals surface area contributed by atoms with E-state index in [1.807, 2.05) is 32.0 Å². The van der Waals surface area contributed by atoms with Gasteiger partial charge in [-0.1, -0.05) is 17.7 Å². The summed E-state index contributed by atoms with van der Waals surface area (Å²) in [5.41, 5.74) is 3.51. The van der Waals surface area contributed by atoms with Crippen molar-refractivity contribution >= 4 is 11.6 Å². The maximum Gasteiger partial charge on any atom is 0.257 e. The Bertz CT molecular complexity index is 692. The van der Waals surface area contributed by atoms with Crippen LogP contribution in [0.25, 0.3) is 0 Å². The summed E-state index contributed by atoms with van der Waals surface area (Å²) in [6, 6.07) is 9.36. The minimum Gasteiger partial charge on any atom is -0.472 e. The molecule has 0 spiro atoms. The predicted octanol–water partition coefficient (Wildman–Crippen LogP) is 3.12. The van der Waals surface area contributed by atoms with Crippen LogP contribution in [0.2, 0.25) is 0 Å². The summed E-state index contributed by atoms with van der Waals surface area (Å²) in [5, 5.41) is 2.91. The number of amides is 1. The number of hydrogen-bond donors (Lipinski definition) is 1. The summed E-state index contributed by atoms with van der Waals surface area (Å²) in [5.74, 6) is 0.337. The van der Waals surface area contributed by atoms with Gasteiger partial charge < -0.3 is 14.8 Å². The summed E-state index contributed by atoms with van der Waals surface area (Å²) >= 11 is 0. The first-order chi connectivity index (χ1) is 11.1. The van der Waals surface area contributed by atoms with Crippen LogP contribution in [0.1, 0.15) is 27.9 Å². The highest BCUT2D eigenvalue weighted by molar-refractivity contribution is 6.04. The molecule has 1 saturated heterocycles. The Hall–Kier alpha value is -2.40. The lowest BCUT2D eigenvalue weighted by molar-refractivity contribution is 0.102. The summed E-state index contributed by atoms with van der Waals surface area (Å²) in [7, 11) is 0. The van der Waals surface area contributed by atoms with Gasteiger partial charge in [-0.15, -0.1) is 0 Å². The molecular weight excluding hydrogens is 292 g/mol. The van der Waals surface area contributed by atoms with Crippen LogP contribution >= 0.6 is 0 Å². The molecule has 0 radical (unpaired) electrons. The summed E-state index contributed by atoms with van der Waals surface area (Å²) < 4.78 is 11.0. The van der Waals surface area contributed by atoms with Gasteiger partial charge in [0.2, 0.25) is 5.88 Å². The Balaban J connectivity index is 1.65. The standard InChI is InChI=1S/C18H20N2O3/c1-12-3-5-16(13(2)9-12)20-18(21)14-4-6-17(19-10-14)23-15-7-8-22-11-15/h3-6,9-10,15H,7-8,11H2,1-2H3,(H,20,21). The molecule has 5 nitrogen and oxygen atoms in total. The molecule has 1 aliphatic rings. The van der Waals surface area contributed by atoms with Gasteiger partial charge in [-0.25, -0.2) is 4.98 Å². The summed E-state index contributed by atoms with van der Waals surface area (Å²) in [6.45, 7) is 5.32. The fourth-order valence-electron chi connectivity index (χ4n) is 2.51. The topological polar surface area (TPSA) is 60.5 Å². The molecule has 1 atom stereocenters. The molecule has 1 aromatic carbocycles. The first kappa shape index (κ1) is 15.5. The van der Waals surface area contributed by atoms with E-state index in [9.17, 15) is 4.79 Å². The van der Waals surface area contributed by atoms with E-state index in [2.05, 4.69) is 10.3 Å². The quantitative estimate of drug-likeness (QED) is 0.942. The summed E-state index contributed by atoms with van der Waals surface area (Å²) in [6.07, 6.45) is 2.46. The van der Waals surface area contributed by atoms with Gasteiger partial charge in [0.05, 0.1) is 18.8 Å². The van der Waals surface area contributed by atoms with Gasteiger partial charge in [0.1, 0.15) is 6.10 Å². The van der Waals surface area contributed by atoms with Crippen molar-refractivity contribution in [2.75, 3.05) is 18.5 Å². The van der Waals surface area contributed by atoms with Crippen LogP contribution < -0.4 is 10.1 Å². The highest BCUT2D eigenvalue weighted by atomic mass is 16.5. The molecule has 1 fully saturated rings. The SMILES string of the molecule is Cc1ccc(NC(=O)c2ccc(OC3CCOC3)nc2)c(C)c1. The number of nitrogens with one attached hydrogen (secondary N) is 1. The number of pyridine rings is 1. The smallest absolute Gasteiger partial charge is 0.257 e. The number of aryl methyl sites for hydroxylation is 2. The zero-order valence-electron chi connectivity index (χ0n) is 13.3. The maximum atomic E-state index is 12.3. The molecule has 1 N–H and O–H groups in total. The molecule has 2 heterocycles. The van der Waals surface area contributed by atoms with E-state index in [0.29, 0.717) is 18.1 Å². The Morgan fingerprint density at radius 2 is 2.17 bits per heavy atom. The maximum absolute atomic E-state index is 12.3. The molecule has 2 aromatic rings. The van der Waals surface area contributed by atoms with Gasteiger partial charge in [-0.3, -0.25) is 4.79 Å². The van der Waals surface area contributed by atoms with E-state index in [1.165, 1.54) is 11.8 Å². The molecule has 0 bridgehead atoms. The molecule has 0 aliphatic carbocycles. The minimum atomic E-state index is -0.180. The van der Waals surface area contributed by atoms with Gasteiger partial charge in [0.25, 0.3) is 5.91 Å². The van der Waals surface area contributed by atoms with Crippen molar-refractivity contribution in [2.24, 2.45) is 0 Å². The molecule has 3 rings (SSSR count). The van der Waals surface area contributed by atoms with Crippen molar-refractivity contribution in [3.05, 3.63) is 53.2 Å². The molecule has 5 heteroatoms. The Kier molecular flexibility index (Phi) is 4.57. The normalized spacial score (nSPS) is 17.0. The van der Waals surface area contributed by atoms with Crippen molar-refractivity contribution in [2.45, 2.75) is 26.4 Å². The van der Waals surface area contributed by atoms with Crippen LogP contribution in [0.5, 0.6) is 5.88 Å². The minimum absolute atomic E-state index is 0.0531. The number of benzene rings is 1. The van der Waals surface area contributed by atoms with Gasteiger partial charge >= 0.3 is 0 Å². The third kappa shape index (κ3) is 3.87. The van der Waals surface area contributed by atoms with Gasteiger partial charge in [-0.2, -0.15) is 0 Å². The number of ether oxygens (including phenoxy) is 2. The number of aromatic nitrogens is 1. The molecular formula is C18H20N2O3. The van der Waals surface area contributed by atoms with Crippen LogP contribution in [0.4, 0.5) is 5.69 Å². The predicted molar refractivity (Wildman–Crippen MR) is 88.0 cm³/mol. The molecule has 0 saturated carbocycles. The number of carbonyl (C=O) groups is 1. The van der Waals surface area contributed by atoms with Crippen molar-refractivity contribution in [1.82, 2.24) is 4.98 Å². The number of rotatable bonds is 4. The molecule has 1 unspecified atom stereocenters. The molecule has 1 aliphatic heterocycles. The van der Waals surface area contributed by atoms with E-state index in [1.54, 1.807) is 12.1 Å². The zero-order valence-corrected chi connectivity index (χ0v) is 13.3. The largest absolute Gasteiger partial charge is 0.472 e. The molecule has 120 valence electrons. The Labute approximate surface area is 135 Å². The van der Waals surface area contributed by atoms with E-state index in [-0.39, 0.29) is 12.0 Å². The number of carbonyl (C=O) groups excluding carboxylic acids is 1. The first-order valence-electron chi connectivity index (χ1n) is 7.71. The van der Waals surface area contributed by atoms with E-state index in [4.69, 9.17) is 9.47 Å². The first-order valence-corrected chi connectivity index (χ1v) is 7.71. The average molecular weight is 312 g/mol. The summed E-state index contributed by atoms with van der Waals surface area (Å²) in [4.78, 5) is 16.5. The second-order valence-corrected chi connectivity index (χ2v) is 5.76. The molecule has 1 aromatic heterocycles. The van der Waals surface area contributed by atoms with E-state index < -0.39 is 0 Å². The van der Waals surface area contributed by atoms with Gasteiger partial charge in [0, 0.05) is 24.4 Å². The average Bonchev–Trinajstić information content (AvgIpc) is 3.04. The lowest BCUT2D eigenvalue weighted by Gasteiger charge is -2.11. The second kappa shape index (κ2) is 6.79. The van der Waals surface area contributed by atoms with Crippen LogP contribution in [0.15, 0.2) is 36.5 Å². The van der Waals surface area contributed by atoms with Crippen LogP contribution in [0, 0.1) is 13.8 Å². The second-order valence-electron chi connectivity index (χ2n) is 5.76. The molecule has 1 amide bonds. The van der Waals surface area contributed by atoms with Gasteiger partial charge in [0.15, 0.2) is 0 Å². The van der Waals surface area contributed by atoms with Crippen molar-refractivity contribution < 1.29 is 14.3 Å². The highest BCUT2D eigenvalue weighted by Crippen LogP contribution is 2.18. The van der Waals surface area contributed by atoms with Crippen LogP contribution in [-0.4, -0.2) is 30.2 Å². The lowest BCUT2D eigenvalue weighted by atomic mass is 10.1. The molecule has 23 heavy (non-hydrogen) atoms. The van der Waals surface area contributed by atoms with E-state index in [0.717, 1.165) is 24.3 Å². The van der Waals surface area contributed by atoms with Gasteiger partial charge in [-0.05, 0) is 31.5 Å². The lowest BCUT2D eigenvalue weighted by Crippen LogP contribution is -2.17. The van der Waals surface area contributed by atoms with Crippen molar-refractivity contribution in [3.8, 4) is 5.88 Å². The number of anilines is 1. The number of nitrogens with zero attached hydrogens (tertiary/aromatic N) is 1. The van der Waals surface area contributed by atoms with E-state index >= 15 is 0 Å². The Morgan fingerprint density at radius 1 is 1.30 bits per heavy atom. The third-order valence-electron chi connectivity index (χ3n) is 3.80. The third-order valence-corrected chi connectivity index (χ3v) is 3.80.